The van der Waals surface area contributed by atoms with Crippen molar-refractivity contribution in [2.24, 2.45) is 0 Å². The number of aryl methyl sites for hydroxylation is 2. The molecular formula is C43H46N2O11S. The van der Waals surface area contributed by atoms with Gasteiger partial charge in [-0.15, -0.1) is 0 Å². The van der Waals surface area contributed by atoms with Gasteiger partial charge in [-0.25, -0.2) is 9.59 Å². The predicted molar refractivity (Wildman–Crippen MR) is 211 cm³/mol. The number of hydrogen-bond donors (Lipinski definition) is 0. The molecule has 1 aliphatic rings. The van der Waals surface area contributed by atoms with Gasteiger partial charge in [0, 0.05) is 18.2 Å². The van der Waals surface area contributed by atoms with E-state index in [1.54, 1.807) is 47.1 Å². The molecule has 0 unspecified atom stereocenters. The van der Waals surface area contributed by atoms with Gasteiger partial charge >= 0.3 is 11.8 Å². The van der Waals surface area contributed by atoms with Crippen LogP contribution in [0.3, 0.4) is 0 Å². The van der Waals surface area contributed by atoms with Crippen LogP contribution in [0.15, 0.2) is 124 Å². The maximum atomic E-state index is 13.9. The smallest absolute Gasteiger partial charge is 0.425 e. The first-order valence-corrected chi connectivity index (χ1v) is 19.7. The molecule has 2 heterocycles. The minimum absolute atomic E-state index is 0.0515. The SMILES string of the molecule is COc1ccc(C(OC[C@H]2O[C@@H](n3cc(C)c(=O)n(C(=O)OC(C)(C)C)c3=O)C[C@H]2OS(=O)(=O)c2ccc(C)cc2)(c2ccccc2)c2ccc(OC)cc2)cc1. The Bertz CT molecular complexity index is 2370. The van der Waals surface area contributed by atoms with Crippen LogP contribution >= 0.6 is 0 Å². The minimum Gasteiger partial charge on any atom is -0.497 e. The average molecular weight is 799 g/mol. The molecule has 0 radical (unpaired) electrons. The molecule has 1 fully saturated rings. The summed E-state index contributed by atoms with van der Waals surface area (Å²) in [5.41, 5.74) is -1.11. The number of rotatable bonds is 12. The molecule has 4 aromatic carbocycles. The molecule has 0 spiro atoms. The van der Waals surface area contributed by atoms with E-state index in [1.165, 1.54) is 25.3 Å². The van der Waals surface area contributed by atoms with Crippen molar-refractivity contribution in [2.45, 2.75) is 75.6 Å². The van der Waals surface area contributed by atoms with E-state index in [-0.39, 0.29) is 23.5 Å². The molecule has 0 N–H and O–H groups in total. The van der Waals surface area contributed by atoms with E-state index in [4.69, 9.17) is 27.9 Å². The van der Waals surface area contributed by atoms with E-state index in [1.807, 2.05) is 85.8 Å². The summed E-state index contributed by atoms with van der Waals surface area (Å²) in [5.74, 6) is 1.25. The summed E-state index contributed by atoms with van der Waals surface area (Å²) in [7, 11) is -1.22. The van der Waals surface area contributed by atoms with Crippen LogP contribution in [-0.4, -0.2) is 62.3 Å². The van der Waals surface area contributed by atoms with Gasteiger partial charge in [0.1, 0.15) is 41.1 Å². The van der Waals surface area contributed by atoms with E-state index in [0.29, 0.717) is 16.1 Å². The first-order valence-electron chi connectivity index (χ1n) is 18.3. The van der Waals surface area contributed by atoms with Gasteiger partial charge in [0.25, 0.3) is 15.7 Å². The first kappa shape index (κ1) is 41.1. The molecule has 0 amide bonds. The first-order chi connectivity index (χ1) is 27.1. The number of ether oxygens (including phenoxy) is 5. The van der Waals surface area contributed by atoms with Gasteiger partial charge < -0.3 is 23.7 Å². The zero-order valence-electron chi connectivity index (χ0n) is 32.8. The van der Waals surface area contributed by atoms with Crippen molar-refractivity contribution in [3.63, 3.8) is 0 Å². The third kappa shape index (κ3) is 8.74. The highest BCUT2D eigenvalue weighted by atomic mass is 32.2. The molecular weight excluding hydrogens is 753 g/mol. The quantitative estimate of drug-likeness (QED) is 0.101. The van der Waals surface area contributed by atoms with Gasteiger partial charge in [0.15, 0.2) is 0 Å². The molecule has 300 valence electrons. The van der Waals surface area contributed by atoms with Crippen molar-refractivity contribution < 1.29 is 41.1 Å². The van der Waals surface area contributed by atoms with Crippen LogP contribution in [0.2, 0.25) is 0 Å². The van der Waals surface area contributed by atoms with Crippen LogP contribution < -0.4 is 20.7 Å². The second-order valence-electron chi connectivity index (χ2n) is 14.7. The third-order valence-electron chi connectivity index (χ3n) is 9.55. The zero-order chi connectivity index (χ0) is 41.1. The highest BCUT2D eigenvalue weighted by molar-refractivity contribution is 7.86. The second-order valence-corrected chi connectivity index (χ2v) is 16.3. The highest BCUT2D eigenvalue weighted by Crippen LogP contribution is 2.43. The van der Waals surface area contributed by atoms with Crippen molar-refractivity contribution in [3.8, 4) is 11.5 Å². The molecule has 5 aromatic rings. The topological polar surface area (TPSA) is 151 Å². The number of nitrogens with zero attached hydrogens (tertiary/aromatic N) is 2. The monoisotopic (exact) mass is 798 g/mol. The summed E-state index contributed by atoms with van der Waals surface area (Å²) >= 11 is 0. The lowest BCUT2D eigenvalue weighted by molar-refractivity contribution is -0.0913. The molecule has 0 bridgehead atoms. The van der Waals surface area contributed by atoms with E-state index in [9.17, 15) is 22.8 Å². The molecule has 1 aliphatic heterocycles. The van der Waals surface area contributed by atoms with Gasteiger partial charge in [-0.2, -0.15) is 13.0 Å². The fourth-order valence-corrected chi connectivity index (χ4v) is 7.81. The van der Waals surface area contributed by atoms with Crippen molar-refractivity contribution in [1.29, 1.82) is 0 Å². The number of methoxy groups -OCH3 is 2. The van der Waals surface area contributed by atoms with Crippen molar-refractivity contribution >= 4 is 16.2 Å². The molecule has 3 atom stereocenters. The van der Waals surface area contributed by atoms with Crippen LogP contribution in [0.1, 0.15) is 61.2 Å². The summed E-state index contributed by atoms with van der Waals surface area (Å²) in [6.45, 7) is 7.86. The van der Waals surface area contributed by atoms with Crippen LogP contribution in [0, 0.1) is 13.8 Å². The summed E-state index contributed by atoms with van der Waals surface area (Å²) in [6, 6.07) is 30.5. The number of benzene rings is 4. The normalized spacial score (nSPS) is 17.3. The lowest BCUT2D eigenvalue weighted by Gasteiger charge is -2.37. The number of aromatic nitrogens is 2. The van der Waals surface area contributed by atoms with Crippen LogP contribution in [0.5, 0.6) is 11.5 Å². The summed E-state index contributed by atoms with van der Waals surface area (Å²) in [5, 5.41) is 0. The number of carbonyl (C=O) groups is 1. The zero-order valence-corrected chi connectivity index (χ0v) is 33.6. The fraction of sp³-hybridized carbons (Fsp3) is 0.326. The summed E-state index contributed by atoms with van der Waals surface area (Å²) in [6.07, 6.45) is -3.55. The number of carbonyl (C=O) groups excluding carboxylic acids is 1. The van der Waals surface area contributed by atoms with Crippen molar-refractivity contribution in [1.82, 2.24) is 9.13 Å². The molecule has 14 heteroatoms. The van der Waals surface area contributed by atoms with Gasteiger partial charge in [-0.3, -0.25) is 13.5 Å². The largest absolute Gasteiger partial charge is 0.497 e. The lowest BCUT2D eigenvalue weighted by atomic mass is 9.80. The molecule has 13 nitrogen and oxygen atoms in total. The second kappa shape index (κ2) is 16.5. The summed E-state index contributed by atoms with van der Waals surface area (Å²) < 4.78 is 64.9. The lowest BCUT2D eigenvalue weighted by Crippen LogP contribution is -2.47. The molecule has 0 saturated carbocycles. The Morgan fingerprint density at radius 2 is 1.33 bits per heavy atom. The van der Waals surface area contributed by atoms with E-state index < -0.39 is 57.1 Å². The fourth-order valence-electron chi connectivity index (χ4n) is 6.70. The van der Waals surface area contributed by atoms with Crippen LogP contribution in [0.4, 0.5) is 4.79 Å². The molecule has 57 heavy (non-hydrogen) atoms. The average Bonchev–Trinajstić information content (AvgIpc) is 3.58. The Kier molecular flexibility index (Phi) is 11.9. The Balaban J connectivity index is 1.46. The Labute approximate surface area is 331 Å². The standard InChI is InChI=1S/C43H46N2O11S/c1-28-13-23-35(24-14-28)57(49,50)56-36-25-38(44-26-29(2)39(46)45(40(44)47)41(48)55-42(3,4)5)54-37(36)27-53-43(30-11-9-8-10-12-30,31-15-19-33(51-6)20-16-31)32-17-21-34(52-7)22-18-32/h8-24,26,36-38H,25,27H2,1-7H3/t36-,37-,38-/m1/s1. The van der Waals surface area contributed by atoms with Gasteiger partial charge in [0.2, 0.25) is 0 Å². The van der Waals surface area contributed by atoms with Crippen LogP contribution in [-0.2, 0) is 34.1 Å². The van der Waals surface area contributed by atoms with Gasteiger partial charge in [-0.05, 0) is 87.7 Å². The number of hydrogen-bond acceptors (Lipinski definition) is 11. The van der Waals surface area contributed by atoms with Gasteiger partial charge in [0.05, 0.1) is 25.7 Å². The highest BCUT2D eigenvalue weighted by Gasteiger charge is 2.45. The molecule has 0 aliphatic carbocycles. The van der Waals surface area contributed by atoms with E-state index >= 15 is 0 Å². The maximum absolute atomic E-state index is 13.9. The summed E-state index contributed by atoms with van der Waals surface area (Å²) in [4.78, 5) is 40.2. The Morgan fingerprint density at radius 1 is 0.789 bits per heavy atom. The Hall–Kier alpha value is -5.54. The Morgan fingerprint density at radius 3 is 1.86 bits per heavy atom. The predicted octanol–water partition coefficient (Wildman–Crippen LogP) is 6.50. The molecule has 1 saturated heterocycles. The van der Waals surface area contributed by atoms with Crippen molar-refractivity contribution in [2.75, 3.05) is 20.8 Å². The molecule has 1 aromatic heterocycles. The molecule has 6 rings (SSSR count). The van der Waals surface area contributed by atoms with Crippen molar-refractivity contribution in [3.05, 3.63) is 158 Å². The van der Waals surface area contributed by atoms with E-state index in [0.717, 1.165) is 26.8 Å². The minimum atomic E-state index is -4.37. The maximum Gasteiger partial charge on any atom is 0.425 e. The van der Waals surface area contributed by atoms with Crippen LogP contribution in [0.25, 0.3) is 0 Å². The van der Waals surface area contributed by atoms with E-state index in [2.05, 4.69) is 0 Å². The third-order valence-corrected chi connectivity index (χ3v) is 10.9. The van der Waals surface area contributed by atoms with Gasteiger partial charge in [-0.1, -0.05) is 72.3 Å².